The highest BCUT2D eigenvalue weighted by molar-refractivity contribution is 7.07. The van der Waals surface area contributed by atoms with E-state index in [0.29, 0.717) is 0 Å². The third kappa shape index (κ3) is 2.88. The molecule has 0 fully saturated rings. The second-order valence-corrected chi connectivity index (χ2v) is 4.46. The van der Waals surface area contributed by atoms with E-state index in [1.165, 1.54) is 5.56 Å². The van der Waals surface area contributed by atoms with Crippen LogP contribution in [0.4, 0.5) is 0 Å². The number of rotatable bonds is 5. The first-order valence-electron chi connectivity index (χ1n) is 5.27. The zero-order valence-corrected chi connectivity index (χ0v) is 9.78. The highest BCUT2D eigenvalue weighted by atomic mass is 32.1. The maximum Gasteiger partial charge on any atom is 0.0478 e. The molecule has 0 saturated heterocycles. The number of hydrazine groups is 1. The molecule has 84 valence electrons. The third-order valence-electron chi connectivity index (χ3n) is 2.59. The average Bonchev–Trinajstić information content (AvgIpc) is 2.84. The summed E-state index contributed by atoms with van der Waals surface area (Å²) in [4.78, 5) is 4.11. The van der Waals surface area contributed by atoms with E-state index >= 15 is 0 Å². The summed E-state index contributed by atoms with van der Waals surface area (Å²) in [6, 6.07) is 6.31. The van der Waals surface area contributed by atoms with Gasteiger partial charge in [0.25, 0.3) is 0 Å². The summed E-state index contributed by atoms with van der Waals surface area (Å²) in [6.07, 6.45) is 5.65. The number of pyridine rings is 1. The quantitative estimate of drug-likeness (QED) is 0.615. The highest BCUT2D eigenvalue weighted by Crippen LogP contribution is 2.18. The predicted octanol–water partition coefficient (Wildman–Crippen LogP) is 2.28. The van der Waals surface area contributed by atoms with Gasteiger partial charge in [-0.25, -0.2) is 0 Å². The molecule has 0 aromatic carbocycles. The average molecular weight is 233 g/mol. The number of nitrogens with two attached hydrogens (primary N) is 1. The first-order chi connectivity index (χ1) is 7.90. The van der Waals surface area contributed by atoms with Crippen LogP contribution in [-0.4, -0.2) is 4.98 Å². The minimum atomic E-state index is 0.175. The Morgan fingerprint density at radius 2 is 2.38 bits per heavy atom. The van der Waals surface area contributed by atoms with Crippen molar-refractivity contribution in [2.75, 3.05) is 0 Å². The number of aryl methyl sites for hydroxylation is 1. The van der Waals surface area contributed by atoms with Crippen molar-refractivity contribution >= 4 is 11.3 Å². The Morgan fingerprint density at radius 3 is 3.00 bits per heavy atom. The van der Waals surface area contributed by atoms with Crippen molar-refractivity contribution in [1.29, 1.82) is 0 Å². The molecule has 2 aromatic rings. The maximum atomic E-state index is 5.57. The topological polar surface area (TPSA) is 50.9 Å². The van der Waals surface area contributed by atoms with Crippen molar-refractivity contribution in [2.24, 2.45) is 5.84 Å². The largest absolute Gasteiger partial charge is 0.271 e. The van der Waals surface area contributed by atoms with Gasteiger partial charge in [-0.05, 0) is 46.9 Å². The second kappa shape index (κ2) is 5.75. The Morgan fingerprint density at radius 1 is 1.44 bits per heavy atom. The van der Waals surface area contributed by atoms with Crippen LogP contribution >= 0.6 is 11.3 Å². The van der Waals surface area contributed by atoms with Crippen molar-refractivity contribution in [3.05, 3.63) is 52.5 Å². The van der Waals surface area contributed by atoms with Crippen LogP contribution in [0.2, 0.25) is 0 Å². The Balaban J connectivity index is 1.96. The standard InChI is InChI=1S/C12H15N3S/c13-15-12(11-2-1-6-14-8-11)4-3-10-5-7-16-9-10/h1-2,5-9,12,15H,3-4,13H2. The molecule has 3 N–H and O–H groups in total. The summed E-state index contributed by atoms with van der Waals surface area (Å²) in [6.45, 7) is 0. The van der Waals surface area contributed by atoms with Crippen molar-refractivity contribution in [2.45, 2.75) is 18.9 Å². The minimum absolute atomic E-state index is 0.175. The molecule has 2 aromatic heterocycles. The molecule has 2 heterocycles. The van der Waals surface area contributed by atoms with Gasteiger partial charge in [0, 0.05) is 18.4 Å². The van der Waals surface area contributed by atoms with Crippen LogP contribution in [0.3, 0.4) is 0 Å². The Hall–Kier alpha value is -1.23. The third-order valence-corrected chi connectivity index (χ3v) is 3.32. The molecule has 0 amide bonds. The van der Waals surface area contributed by atoms with Crippen LogP contribution in [0.15, 0.2) is 41.4 Å². The van der Waals surface area contributed by atoms with Crippen molar-refractivity contribution in [1.82, 2.24) is 10.4 Å². The van der Waals surface area contributed by atoms with E-state index in [-0.39, 0.29) is 6.04 Å². The predicted molar refractivity (Wildman–Crippen MR) is 66.9 cm³/mol. The molecule has 3 nitrogen and oxygen atoms in total. The van der Waals surface area contributed by atoms with Gasteiger partial charge in [0.05, 0.1) is 0 Å². The molecule has 0 aliphatic heterocycles. The summed E-state index contributed by atoms with van der Waals surface area (Å²) < 4.78 is 0. The molecule has 2 rings (SSSR count). The lowest BCUT2D eigenvalue weighted by molar-refractivity contribution is 0.515. The number of aromatic nitrogens is 1. The summed E-state index contributed by atoms with van der Waals surface area (Å²) in [5.74, 6) is 5.57. The van der Waals surface area contributed by atoms with Crippen molar-refractivity contribution in [3.8, 4) is 0 Å². The summed E-state index contributed by atoms with van der Waals surface area (Å²) in [5, 5.41) is 4.28. The van der Waals surface area contributed by atoms with Crippen molar-refractivity contribution < 1.29 is 0 Å². The van der Waals surface area contributed by atoms with Gasteiger partial charge >= 0.3 is 0 Å². The van der Waals surface area contributed by atoms with Gasteiger partial charge in [0.2, 0.25) is 0 Å². The lowest BCUT2D eigenvalue weighted by Gasteiger charge is -2.15. The van der Waals surface area contributed by atoms with E-state index in [9.17, 15) is 0 Å². The fraction of sp³-hybridized carbons (Fsp3) is 0.250. The lowest BCUT2D eigenvalue weighted by Crippen LogP contribution is -2.28. The van der Waals surface area contributed by atoms with Crippen LogP contribution in [0, 0.1) is 0 Å². The monoisotopic (exact) mass is 233 g/mol. The van der Waals surface area contributed by atoms with E-state index < -0.39 is 0 Å². The SMILES string of the molecule is NNC(CCc1ccsc1)c1cccnc1. The number of thiophene rings is 1. The van der Waals surface area contributed by atoms with Crippen LogP contribution in [0.1, 0.15) is 23.6 Å². The first kappa shape index (κ1) is 11.3. The van der Waals surface area contributed by atoms with Gasteiger partial charge in [0.15, 0.2) is 0 Å². The van der Waals surface area contributed by atoms with Gasteiger partial charge in [0.1, 0.15) is 0 Å². The number of nitrogens with one attached hydrogen (secondary N) is 1. The van der Waals surface area contributed by atoms with E-state index in [4.69, 9.17) is 5.84 Å². The van der Waals surface area contributed by atoms with Gasteiger partial charge in [-0.1, -0.05) is 6.07 Å². The van der Waals surface area contributed by atoms with Crippen LogP contribution < -0.4 is 11.3 Å². The Labute approximate surface area is 99.3 Å². The van der Waals surface area contributed by atoms with E-state index in [1.807, 2.05) is 18.3 Å². The highest BCUT2D eigenvalue weighted by Gasteiger charge is 2.09. The normalized spacial score (nSPS) is 12.6. The molecular formula is C12H15N3S. The molecule has 0 radical (unpaired) electrons. The summed E-state index contributed by atoms with van der Waals surface area (Å²) >= 11 is 1.73. The van der Waals surface area contributed by atoms with E-state index in [2.05, 4.69) is 27.2 Å². The molecule has 0 saturated carbocycles. The lowest BCUT2D eigenvalue weighted by atomic mass is 10.0. The fourth-order valence-corrected chi connectivity index (χ4v) is 2.38. The Bertz CT molecular complexity index is 399. The molecule has 1 unspecified atom stereocenters. The molecule has 1 atom stereocenters. The molecule has 4 heteroatoms. The fourth-order valence-electron chi connectivity index (χ4n) is 1.67. The van der Waals surface area contributed by atoms with Gasteiger partial charge < -0.3 is 0 Å². The van der Waals surface area contributed by atoms with Crippen molar-refractivity contribution in [3.63, 3.8) is 0 Å². The van der Waals surface area contributed by atoms with Gasteiger partial charge in [-0.2, -0.15) is 11.3 Å². The summed E-state index contributed by atoms with van der Waals surface area (Å²) in [7, 11) is 0. The van der Waals surface area contributed by atoms with Gasteiger partial charge in [-0.3, -0.25) is 16.3 Å². The zero-order valence-electron chi connectivity index (χ0n) is 8.97. The maximum absolute atomic E-state index is 5.57. The molecule has 0 bridgehead atoms. The molecule has 0 spiro atoms. The first-order valence-corrected chi connectivity index (χ1v) is 6.21. The smallest absolute Gasteiger partial charge is 0.0478 e. The molecular weight excluding hydrogens is 218 g/mol. The molecule has 0 aliphatic rings. The Kier molecular flexibility index (Phi) is 4.04. The second-order valence-electron chi connectivity index (χ2n) is 3.68. The summed E-state index contributed by atoms with van der Waals surface area (Å²) in [5.41, 5.74) is 5.35. The van der Waals surface area contributed by atoms with Gasteiger partial charge in [-0.15, -0.1) is 0 Å². The molecule has 16 heavy (non-hydrogen) atoms. The van der Waals surface area contributed by atoms with Crippen LogP contribution in [0.25, 0.3) is 0 Å². The van der Waals surface area contributed by atoms with E-state index in [0.717, 1.165) is 18.4 Å². The molecule has 0 aliphatic carbocycles. The zero-order chi connectivity index (χ0) is 11.2. The minimum Gasteiger partial charge on any atom is -0.271 e. The number of hydrogen-bond acceptors (Lipinski definition) is 4. The van der Waals surface area contributed by atoms with Crippen LogP contribution in [0.5, 0.6) is 0 Å². The van der Waals surface area contributed by atoms with Crippen LogP contribution in [-0.2, 0) is 6.42 Å². The number of hydrogen-bond donors (Lipinski definition) is 2. The van der Waals surface area contributed by atoms with E-state index in [1.54, 1.807) is 17.5 Å². The number of nitrogens with zero attached hydrogens (tertiary/aromatic N) is 1.